The SMILES string of the molecule is CC(=O)Cc1cc(Cl)c(F)c(C(C)C)c1. The molecule has 0 aliphatic rings. The summed E-state index contributed by atoms with van der Waals surface area (Å²) in [6.45, 7) is 5.30. The number of ketones is 1. The van der Waals surface area contributed by atoms with Gasteiger partial charge in [-0.05, 0) is 30.0 Å². The van der Waals surface area contributed by atoms with E-state index in [1.807, 2.05) is 13.8 Å². The summed E-state index contributed by atoms with van der Waals surface area (Å²) in [4.78, 5) is 11.0. The fourth-order valence-electron chi connectivity index (χ4n) is 1.48. The first kappa shape index (κ1) is 12.2. The summed E-state index contributed by atoms with van der Waals surface area (Å²) >= 11 is 5.76. The van der Waals surface area contributed by atoms with Crippen LogP contribution in [0, 0.1) is 5.82 Å². The second-order valence-electron chi connectivity index (χ2n) is 4.01. The summed E-state index contributed by atoms with van der Waals surface area (Å²) in [5.41, 5.74) is 1.34. The van der Waals surface area contributed by atoms with E-state index >= 15 is 0 Å². The first-order chi connectivity index (χ1) is 6.91. The van der Waals surface area contributed by atoms with E-state index in [-0.39, 0.29) is 22.5 Å². The summed E-state index contributed by atoms with van der Waals surface area (Å²) in [5, 5.41) is 0.0949. The van der Waals surface area contributed by atoms with Crippen molar-refractivity contribution in [3.8, 4) is 0 Å². The maximum atomic E-state index is 13.6. The quantitative estimate of drug-likeness (QED) is 0.771. The van der Waals surface area contributed by atoms with Gasteiger partial charge in [-0.2, -0.15) is 0 Å². The van der Waals surface area contributed by atoms with Crippen LogP contribution < -0.4 is 0 Å². The van der Waals surface area contributed by atoms with Gasteiger partial charge in [0.1, 0.15) is 11.6 Å². The minimum atomic E-state index is -0.376. The maximum absolute atomic E-state index is 13.6. The van der Waals surface area contributed by atoms with Gasteiger partial charge >= 0.3 is 0 Å². The van der Waals surface area contributed by atoms with E-state index in [4.69, 9.17) is 11.6 Å². The van der Waals surface area contributed by atoms with Crippen molar-refractivity contribution in [3.63, 3.8) is 0 Å². The van der Waals surface area contributed by atoms with Crippen molar-refractivity contribution in [1.82, 2.24) is 0 Å². The van der Waals surface area contributed by atoms with Gasteiger partial charge in [0.2, 0.25) is 0 Å². The lowest BCUT2D eigenvalue weighted by molar-refractivity contribution is -0.116. The third kappa shape index (κ3) is 3.03. The highest BCUT2D eigenvalue weighted by atomic mass is 35.5. The Labute approximate surface area is 94.3 Å². The predicted molar refractivity (Wildman–Crippen MR) is 59.9 cm³/mol. The van der Waals surface area contributed by atoms with E-state index in [2.05, 4.69) is 0 Å². The van der Waals surface area contributed by atoms with Gasteiger partial charge in [0.05, 0.1) is 5.02 Å². The molecule has 0 aliphatic heterocycles. The molecule has 15 heavy (non-hydrogen) atoms. The number of hydrogen-bond donors (Lipinski definition) is 0. The standard InChI is InChI=1S/C12H14ClFO/c1-7(2)10-5-9(4-8(3)15)6-11(13)12(10)14/h5-7H,4H2,1-3H3. The molecule has 1 nitrogen and oxygen atoms in total. The molecule has 0 fully saturated rings. The van der Waals surface area contributed by atoms with Crippen molar-refractivity contribution in [2.45, 2.75) is 33.1 Å². The average molecular weight is 229 g/mol. The Hall–Kier alpha value is -0.890. The van der Waals surface area contributed by atoms with E-state index in [1.54, 1.807) is 6.07 Å². The predicted octanol–water partition coefficient (Wildman–Crippen LogP) is 3.73. The van der Waals surface area contributed by atoms with Gasteiger partial charge in [-0.3, -0.25) is 4.79 Å². The molecule has 1 aromatic carbocycles. The highest BCUT2D eigenvalue weighted by Crippen LogP contribution is 2.26. The normalized spacial score (nSPS) is 10.8. The molecule has 1 rings (SSSR count). The van der Waals surface area contributed by atoms with Crippen molar-refractivity contribution in [2.24, 2.45) is 0 Å². The van der Waals surface area contributed by atoms with Crippen molar-refractivity contribution < 1.29 is 9.18 Å². The van der Waals surface area contributed by atoms with Crippen LogP contribution >= 0.6 is 11.6 Å². The van der Waals surface area contributed by atoms with Gasteiger partial charge in [0.25, 0.3) is 0 Å². The molecule has 3 heteroatoms. The molecule has 0 saturated heterocycles. The van der Waals surface area contributed by atoms with Crippen LogP contribution in [0.2, 0.25) is 5.02 Å². The molecule has 0 unspecified atom stereocenters. The van der Waals surface area contributed by atoms with Crippen LogP contribution in [0.1, 0.15) is 37.8 Å². The summed E-state index contributed by atoms with van der Waals surface area (Å²) in [6, 6.07) is 3.23. The molecule has 1 aromatic rings. The minimum Gasteiger partial charge on any atom is -0.300 e. The van der Waals surface area contributed by atoms with E-state index in [0.29, 0.717) is 12.0 Å². The van der Waals surface area contributed by atoms with Gasteiger partial charge in [-0.25, -0.2) is 4.39 Å². The Balaban J connectivity index is 3.17. The largest absolute Gasteiger partial charge is 0.300 e. The Morgan fingerprint density at radius 1 is 1.47 bits per heavy atom. The molecule has 0 bridgehead atoms. The Morgan fingerprint density at radius 3 is 2.53 bits per heavy atom. The fourth-order valence-corrected chi connectivity index (χ4v) is 1.73. The number of benzene rings is 1. The summed E-state index contributed by atoms with van der Waals surface area (Å²) in [6.07, 6.45) is 0.305. The van der Waals surface area contributed by atoms with Crippen LogP contribution in [-0.4, -0.2) is 5.78 Å². The van der Waals surface area contributed by atoms with Gasteiger partial charge in [0, 0.05) is 6.42 Å². The molecule has 0 spiro atoms. The Morgan fingerprint density at radius 2 is 2.07 bits per heavy atom. The second kappa shape index (κ2) is 4.75. The van der Waals surface area contributed by atoms with Crippen molar-refractivity contribution >= 4 is 17.4 Å². The number of Topliss-reactive ketones (excluding diaryl/α,β-unsaturated/α-hetero) is 1. The number of rotatable bonds is 3. The monoisotopic (exact) mass is 228 g/mol. The summed E-state index contributed by atoms with van der Waals surface area (Å²) in [5.74, 6) is -0.263. The minimum absolute atomic E-state index is 0.0485. The molecule has 0 heterocycles. The van der Waals surface area contributed by atoms with Crippen LogP contribution in [0.3, 0.4) is 0 Å². The maximum Gasteiger partial charge on any atom is 0.145 e. The van der Waals surface area contributed by atoms with E-state index in [9.17, 15) is 9.18 Å². The summed E-state index contributed by atoms with van der Waals surface area (Å²) < 4.78 is 13.6. The molecular weight excluding hydrogens is 215 g/mol. The first-order valence-corrected chi connectivity index (χ1v) is 5.27. The van der Waals surface area contributed by atoms with Crippen LogP contribution in [0.25, 0.3) is 0 Å². The molecule has 82 valence electrons. The van der Waals surface area contributed by atoms with Gasteiger partial charge in [-0.1, -0.05) is 31.5 Å². The lowest BCUT2D eigenvalue weighted by Gasteiger charge is -2.10. The van der Waals surface area contributed by atoms with Gasteiger partial charge in [-0.15, -0.1) is 0 Å². The molecule has 0 N–H and O–H groups in total. The topological polar surface area (TPSA) is 17.1 Å². The third-order valence-corrected chi connectivity index (χ3v) is 2.47. The molecule has 0 aromatic heterocycles. The Bertz CT molecular complexity index is 385. The van der Waals surface area contributed by atoms with E-state index in [1.165, 1.54) is 13.0 Å². The summed E-state index contributed by atoms with van der Waals surface area (Å²) in [7, 11) is 0. The average Bonchev–Trinajstić information content (AvgIpc) is 2.09. The molecule has 0 aliphatic carbocycles. The van der Waals surface area contributed by atoms with Crippen molar-refractivity contribution in [1.29, 1.82) is 0 Å². The third-order valence-electron chi connectivity index (χ3n) is 2.19. The lowest BCUT2D eigenvalue weighted by atomic mass is 9.98. The molecule has 0 amide bonds. The van der Waals surface area contributed by atoms with Crippen LogP contribution in [0.15, 0.2) is 12.1 Å². The second-order valence-corrected chi connectivity index (χ2v) is 4.42. The molecular formula is C12H14ClFO. The van der Waals surface area contributed by atoms with Gasteiger partial charge < -0.3 is 0 Å². The van der Waals surface area contributed by atoms with Crippen molar-refractivity contribution in [2.75, 3.05) is 0 Å². The Kier molecular flexibility index (Phi) is 3.86. The van der Waals surface area contributed by atoms with E-state index in [0.717, 1.165) is 5.56 Å². The number of carbonyl (C=O) groups is 1. The zero-order valence-corrected chi connectivity index (χ0v) is 9.86. The number of hydrogen-bond acceptors (Lipinski definition) is 1. The molecule has 0 radical (unpaired) electrons. The number of carbonyl (C=O) groups excluding carboxylic acids is 1. The zero-order valence-electron chi connectivity index (χ0n) is 9.10. The molecule has 0 atom stereocenters. The van der Waals surface area contributed by atoms with Crippen LogP contribution in [0.4, 0.5) is 4.39 Å². The smallest absolute Gasteiger partial charge is 0.145 e. The van der Waals surface area contributed by atoms with E-state index < -0.39 is 0 Å². The number of halogens is 2. The van der Waals surface area contributed by atoms with Crippen LogP contribution in [-0.2, 0) is 11.2 Å². The zero-order chi connectivity index (χ0) is 11.6. The fraction of sp³-hybridized carbons (Fsp3) is 0.417. The van der Waals surface area contributed by atoms with Crippen LogP contribution in [0.5, 0.6) is 0 Å². The van der Waals surface area contributed by atoms with Crippen molar-refractivity contribution in [3.05, 3.63) is 34.1 Å². The highest BCUT2D eigenvalue weighted by molar-refractivity contribution is 6.30. The lowest BCUT2D eigenvalue weighted by Crippen LogP contribution is -2.01. The highest BCUT2D eigenvalue weighted by Gasteiger charge is 2.12. The van der Waals surface area contributed by atoms with Gasteiger partial charge in [0.15, 0.2) is 0 Å². The first-order valence-electron chi connectivity index (χ1n) is 4.89. The molecule has 0 saturated carbocycles.